The molecular formula is C32H26O2. The number of benzene rings is 4. The molecule has 0 saturated heterocycles. The van der Waals surface area contributed by atoms with Crippen molar-refractivity contribution in [2.24, 2.45) is 0 Å². The smallest absolute Gasteiger partial charge is 0.234 e. The van der Waals surface area contributed by atoms with Crippen molar-refractivity contribution in [3.05, 3.63) is 145 Å². The lowest BCUT2D eigenvalue weighted by molar-refractivity contribution is 0.0817. The number of hydrogen-bond acceptors (Lipinski definition) is 2. The predicted molar refractivity (Wildman–Crippen MR) is 140 cm³/mol. The van der Waals surface area contributed by atoms with E-state index in [9.17, 15) is 9.59 Å². The van der Waals surface area contributed by atoms with Crippen LogP contribution in [0.25, 0.3) is 22.3 Å². The highest BCUT2D eigenvalue weighted by Gasteiger charge is 2.24. The van der Waals surface area contributed by atoms with Crippen LogP contribution in [-0.4, -0.2) is 11.6 Å². The van der Waals surface area contributed by atoms with Gasteiger partial charge in [-0.1, -0.05) is 109 Å². The zero-order valence-corrected chi connectivity index (χ0v) is 19.0. The number of rotatable bonds is 9. The summed E-state index contributed by atoms with van der Waals surface area (Å²) in [5.41, 5.74) is 6.39. The molecule has 0 bridgehead atoms. The molecule has 0 aliphatic rings. The largest absolute Gasteiger partial charge is 0.285 e. The SMILES string of the molecule is C=CCc1ccc(-c2ccccc2C(=O)C(=O)c2ccccc2-c2ccc(CC=C)cc2)cc1. The van der Waals surface area contributed by atoms with Gasteiger partial charge in [0.2, 0.25) is 11.6 Å². The Hall–Kier alpha value is -4.30. The fourth-order valence-electron chi connectivity index (χ4n) is 4.08. The Morgan fingerprint density at radius 2 is 0.882 bits per heavy atom. The van der Waals surface area contributed by atoms with E-state index in [2.05, 4.69) is 13.2 Å². The number of allylic oxidation sites excluding steroid dienone is 2. The van der Waals surface area contributed by atoms with E-state index in [0.29, 0.717) is 11.1 Å². The molecule has 0 N–H and O–H groups in total. The number of carbonyl (C=O) groups excluding carboxylic acids is 2. The first kappa shape index (κ1) is 22.9. The van der Waals surface area contributed by atoms with Crippen LogP contribution >= 0.6 is 0 Å². The quantitative estimate of drug-likeness (QED) is 0.152. The Morgan fingerprint density at radius 1 is 0.529 bits per heavy atom. The Labute approximate surface area is 200 Å². The molecule has 0 aliphatic heterocycles. The third-order valence-electron chi connectivity index (χ3n) is 5.84. The van der Waals surface area contributed by atoms with Gasteiger partial charge in [-0.3, -0.25) is 9.59 Å². The van der Waals surface area contributed by atoms with Gasteiger partial charge in [0.1, 0.15) is 0 Å². The molecule has 0 spiro atoms. The van der Waals surface area contributed by atoms with Gasteiger partial charge in [0.25, 0.3) is 0 Å². The van der Waals surface area contributed by atoms with Crippen molar-refractivity contribution in [2.75, 3.05) is 0 Å². The molecule has 2 nitrogen and oxygen atoms in total. The average molecular weight is 443 g/mol. The number of hydrogen-bond donors (Lipinski definition) is 0. The van der Waals surface area contributed by atoms with Crippen molar-refractivity contribution in [1.29, 1.82) is 0 Å². The fraction of sp³-hybridized carbons (Fsp3) is 0.0625. The molecule has 4 rings (SSSR count). The van der Waals surface area contributed by atoms with Crippen molar-refractivity contribution in [3.8, 4) is 22.3 Å². The molecule has 0 amide bonds. The van der Waals surface area contributed by atoms with E-state index in [0.717, 1.165) is 46.2 Å². The summed E-state index contributed by atoms with van der Waals surface area (Å²) in [4.78, 5) is 26.9. The van der Waals surface area contributed by atoms with Crippen LogP contribution in [-0.2, 0) is 12.8 Å². The van der Waals surface area contributed by atoms with E-state index < -0.39 is 11.6 Å². The maximum atomic E-state index is 13.5. The molecule has 0 unspecified atom stereocenters. The summed E-state index contributed by atoms with van der Waals surface area (Å²) in [7, 11) is 0. The molecule has 0 atom stereocenters. The van der Waals surface area contributed by atoms with Crippen molar-refractivity contribution in [2.45, 2.75) is 12.8 Å². The molecule has 2 heteroatoms. The van der Waals surface area contributed by atoms with E-state index >= 15 is 0 Å². The highest BCUT2D eigenvalue weighted by atomic mass is 16.2. The lowest BCUT2D eigenvalue weighted by Crippen LogP contribution is -2.16. The van der Waals surface area contributed by atoms with Crippen LogP contribution in [0.3, 0.4) is 0 Å². The van der Waals surface area contributed by atoms with Crippen LogP contribution in [0.15, 0.2) is 122 Å². The van der Waals surface area contributed by atoms with E-state index in [-0.39, 0.29) is 0 Å². The predicted octanol–water partition coefficient (Wildman–Crippen LogP) is 7.54. The normalized spacial score (nSPS) is 10.5. The summed E-state index contributed by atoms with van der Waals surface area (Å²) in [5.74, 6) is -1.03. The first-order valence-electron chi connectivity index (χ1n) is 11.3. The second-order valence-electron chi connectivity index (χ2n) is 8.13. The van der Waals surface area contributed by atoms with Gasteiger partial charge in [0.15, 0.2) is 0 Å². The second-order valence-corrected chi connectivity index (χ2v) is 8.13. The molecule has 0 radical (unpaired) electrons. The van der Waals surface area contributed by atoms with E-state index in [4.69, 9.17) is 0 Å². The summed E-state index contributed by atoms with van der Waals surface area (Å²) in [5, 5.41) is 0. The van der Waals surface area contributed by atoms with Gasteiger partial charge in [-0.05, 0) is 46.2 Å². The zero-order valence-electron chi connectivity index (χ0n) is 19.0. The van der Waals surface area contributed by atoms with Crippen molar-refractivity contribution in [1.82, 2.24) is 0 Å². The minimum atomic E-state index is -0.513. The second kappa shape index (κ2) is 10.5. The summed E-state index contributed by atoms with van der Waals surface area (Å²) in [6.45, 7) is 7.55. The standard InChI is InChI=1S/C32H26O2/c1-3-9-23-15-19-25(20-16-23)27-11-5-7-13-29(27)31(33)32(34)30-14-8-6-12-28(30)26-21-17-24(10-4-2)18-22-26/h3-8,11-22H,1-2,9-10H2. The average Bonchev–Trinajstić information content (AvgIpc) is 2.89. The minimum Gasteiger partial charge on any atom is -0.285 e. The Balaban J connectivity index is 1.69. The van der Waals surface area contributed by atoms with Gasteiger partial charge in [-0.2, -0.15) is 0 Å². The molecule has 4 aromatic carbocycles. The van der Waals surface area contributed by atoms with Crippen molar-refractivity contribution < 1.29 is 9.59 Å². The van der Waals surface area contributed by atoms with E-state index in [1.165, 1.54) is 0 Å². The van der Waals surface area contributed by atoms with Gasteiger partial charge in [0.05, 0.1) is 0 Å². The van der Waals surface area contributed by atoms with Crippen LogP contribution in [0, 0.1) is 0 Å². The highest BCUT2D eigenvalue weighted by molar-refractivity contribution is 6.51. The molecule has 0 aromatic heterocycles. The Bertz CT molecular complexity index is 1240. The molecule has 0 fully saturated rings. The first-order chi connectivity index (χ1) is 16.6. The molecule has 0 saturated carbocycles. The third kappa shape index (κ3) is 4.87. The van der Waals surface area contributed by atoms with Gasteiger partial charge in [0, 0.05) is 11.1 Å². The maximum absolute atomic E-state index is 13.5. The third-order valence-corrected chi connectivity index (χ3v) is 5.84. The van der Waals surface area contributed by atoms with E-state index in [1.54, 1.807) is 24.3 Å². The van der Waals surface area contributed by atoms with Crippen LogP contribution in [0.2, 0.25) is 0 Å². The van der Waals surface area contributed by atoms with Crippen LogP contribution in [0.1, 0.15) is 31.8 Å². The van der Waals surface area contributed by atoms with E-state index in [1.807, 2.05) is 84.9 Å². The van der Waals surface area contributed by atoms with Gasteiger partial charge < -0.3 is 0 Å². The van der Waals surface area contributed by atoms with Gasteiger partial charge in [-0.15, -0.1) is 13.2 Å². The summed E-state index contributed by atoms with van der Waals surface area (Å²) in [6, 6.07) is 30.6. The molecule has 166 valence electrons. The molecule has 34 heavy (non-hydrogen) atoms. The van der Waals surface area contributed by atoms with Crippen molar-refractivity contribution >= 4 is 11.6 Å². The topological polar surface area (TPSA) is 34.1 Å². The maximum Gasteiger partial charge on any atom is 0.234 e. The van der Waals surface area contributed by atoms with Gasteiger partial charge >= 0.3 is 0 Å². The van der Waals surface area contributed by atoms with Crippen molar-refractivity contribution in [3.63, 3.8) is 0 Å². The minimum absolute atomic E-state index is 0.403. The zero-order chi connectivity index (χ0) is 23.9. The highest BCUT2D eigenvalue weighted by Crippen LogP contribution is 2.29. The summed E-state index contributed by atoms with van der Waals surface area (Å²) >= 11 is 0. The number of ketones is 2. The summed E-state index contributed by atoms with van der Waals surface area (Å²) in [6.07, 6.45) is 5.28. The van der Waals surface area contributed by atoms with Crippen LogP contribution < -0.4 is 0 Å². The lowest BCUT2D eigenvalue weighted by atomic mass is 9.90. The summed E-state index contributed by atoms with van der Waals surface area (Å²) < 4.78 is 0. The number of carbonyl (C=O) groups is 2. The first-order valence-corrected chi connectivity index (χ1v) is 11.3. The molecule has 0 aliphatic carbocycles. The number of Topliss-reactive ketones (excluding diaryl/α,β-unsaturated/α-hetero) is 2. The molecule has 4 aromatic rings. The Kier molecular flexibility index (Phi) is 7.10. The van der Waals surface area contributed by atoms with Gasteiger partial charge in [-0.25, -0.2) is 0 Å². The van der Waals surface area contributed by atoms with Crippen LogP contribution in [0.5, 0.6) is 0 Å². The lowest BCUT2D eigenvalue weighted by Gasteiger charge is -2.12. The monoisotopic (exact) mass is 442 g/mol. The molecular weight excluding hydrogens is 416 g/mol. The Morgan fingerprint density at radius 3 is 1.24 bits per heavy atom. The van der Waals surface area contributed by atoms with Crippen LogP contribution in [0.4, 0.5) is 0 Å². The fourth-order valence-corrected chi connectivity index (χ4v) is 4.08. The molecule has 0 heterocycles.